The van der Waals surface area contributed by atoms with Gasteiger partial charge in [0, 0.05) is 26.2 Å². The summed E-state index contributed by atoms with van der Waals surface area (Å²) in [5.74, 6) is 0.138. The lowest BCUT2D eigenvalue weighted by molar-refractivity contribution is -0.146. The molecule has 1 aliphatic heterocycles. The molecule has 0 spiro atoms. The molecular formula is C12H24N2O2. The van der Waals surface area contributed by atoms with E-state index in [0.717, 1.165) is 45.3 Å². The van der Waals surface area contributed by atoms with E-state index in [1.54, 1.807) is 0 Å². The minimum atomic E-state index is -0.211. The average molecular weight is 228 g/mol. The van der Waals surface area contributed by atoms with Crippen LogP contribution in [0.2, 0.25) is 0 Å². The minimum absolute atomic E-state index is 0.138. The standard InChI is InChI=1S/C12H24N2O2/c1-2-3-8-14(9-7-13)12(15)11-6-4-5-10-16-11/h11H,2-10,13H2,1H3. The maximum Gasteiger partial charge on any atom is 0.251 e. The van der Waals surface area contributed by atoms with Crippen LogP contribution in [0.15, 0.2) is 0 Å². The zero-order valence-corrected chi connectivity index (χ0v) is 10.3. The fraction of sp³-hybridized carbons (Fsp3) is 0.917. The summed E-state index contributed by atoms with van der Waals surface area (Å²) in [6.45, 7) is 4.84. The first kappa shape index (κ1) is 13.5. The quantitative estimate of drug-likeness (QED) is 0.742. The van der Waals surface area contributed by atoms with Crippen LogP contribution in [0.3, 0.4) is 0 Å². The molecule has 16 heavy (non-hydrogen) atoms. The Kier molecular flexibility index (Phi) is 6.42. The monoisotopic (exact) mass is 228 g/mol. The minimum Gasteiger partial charge on any atom is -0.368 e. The molecule has 0 radical (unpaired) electrons. The average Bonchev–Trinajstić information content (AvgIpc) is 2.35. The first-order valence-corrected chi connectivity index (χ1v) is 6.40. The highest BCUT2D eigenvalue weighted by Crippen LogP contribution is 2.15. The van der Waals surface area contributed by atoms with E-state index >= 15 is 0 Å². The number of rotatable bonds is 6. The molecular weight excluding hydrogens is 204 g/mol. The van der Waals surface area contributed by atoms with Gasteiger partial charge in [0.2, 0.25) is 0 Å². The SMILES string of the molecule is CCCCN(CCN)C(=O)C1CCCCO1. The molecule has 0 aliphatic carbocycles. The molecule has 4 nitrogen and oxygen atoms in total. The molecule has 0 aromatic rings. The van der Waals surface area contributed by atoms with Crippen molar-refractivity contribution < 1.29 is 9.53 Å². The van der Waals surface area contributed by atoms with Crippen molar-refractivity contribution >= 4 is 5.91 Å². The molecule has 1 amide bonds. The molecule has 2 N–H and O–H groups in total. The van der Waals surface area contributed by atoms with Crippen molar-refractivity contribution in [2.24, 2.45) is 5.73 Å². The van der Waals surface area contributed by atoms with Crippen molar-refractivity contribution in [2.45, 2.75) is 45.1 Å². The third-order valence-corrected chi connectivity index (χ3v) is 2.95. The van der Waals surface area contributed by atoms with E-state index in [2.05, 4.69) is 6.92 Å². The summed E-state index contributed by atoms with van der Waals surface area (Å²) in [5.41, 5.74) is 5.53. The smallest absolute Gasteiger partial charge is 0.251 e. The van der Waals surface area contributed by atoms with E-state index in [-0.39, 0.29) is 12.0 Å². The highest BCUT2D eigenvalue weighted by atomic mass is 16.5. The number of nitrogens with zero attached hydrogens (tertiary/aromatic N) is 1. The van der Waals surface area contributed by atoms with Gasteiger partial charge in [-0.2, -0.15) is 0 Å². The van der Waals surface area contributed by atoms with Gasteiger partial charge in [0.05, 0.1) is 0 Å². The predicted octanol–water partition coefficient (Wildman–Crippen LogP) is 1.14. The van der Waals surface area contributed by atoms with Crippen LogP contribution >= 0.6 is 0 Å². The van der Waals surface area contributed by atoms with Crippen LogP contribution in [0.25, 0.3) is 0 Å². The van der Waals surface area contributed by atoms with Gasteiger partial charge < -0.3 is 15.4 Å². The maximum absolute atomic E-state index is 12.1. The van der Waals surface area contributed by atoms with Gasteiger partial charge >= 0.3 is 0 Å². The van der Waals surface area contributed by atoms with Crippen LogP contribution in [0.4, 0.5) is 0 Å². The molecule has 1 unspecified atom stereocenters. The van der Waals surface area contributed by atoms with E-state index in [1.165, 1.54) is 0 Å². The van der Waals surface area contributed by atoms with Crippen molar-refractivity contribution in [3.05, 3.63) is 0 Å². The number of hydrogen-bond acceptors (Lipinski definition) is 3. The van der Waals surface area contributed by atoms with Gasteiger partial charge in [-0.15, -0.1) is 0 Å². The summed E-state index contributed by atoms with van der Waals surface area (Å²) in [4.78, 5) is 14.0. The summed E-state index contributed by atoms with van der Waals surface area (Å²) >= 11 is 0. The summed E-state index contributed by atoms with van der Waals surface area (Å²) < 4.78 is 5.51. The highest BCUT2D eigenvalue weighted by Gasteiger charge is 2.25. The second-order valence-corrected chi connectivity index (χ2v) is 4.32. The molecule has 0 bridgehead atoms. The first-order valence-electron chi connectivity index (χ1n) is 6.40. The Balaban J connectivity index is 2.44. The van der Waals surface area contributed by atoms with E-state index in [4.69, 9.17) is 10.5 Å². The van der Waals surface area contributed by atoms with Crippen LogP contribution < -0.4 is 5.73 Å². The number of ether oxygens (including phenoxy) is 1. The van der Waals surface area contributed by atoms with Crippen LogP contribution in [0.1, 0.15) is 39.0 Å². The molecule has 1 fully saturated rings. The predicted molar refractivity (Wildman–Crippen MR) is 64.1 cm³/mol. The Morgan fingerprint density at radius 2 is 2.25 bits per heavy atom. The summed E-state index contributed by atoms with van der Waals surface area (Å²) in [7, 11) is 0. The normalized spacial score (nSPS) is 20.8. The second kappa shape index (κ2) is 7.63. The van der Waals surface area contributed by atoms with Crippen LogP contribution in [0.5, 0.6) is 0 Å². The Morgan fingerprint density at radius 1 is 1.44 bits per heavy atom. The maximum atomic E-state index is 12.1. The molecule has 0 saturated carbocycles. The van der Waals surface area contributed by atoms with Crippen LogP contribution in [0, 0.1) is 0 Å². The number of unbranched alkanes of at least 4 members (excludes halogenated alkanes) is 1. The third-order valence-electron chi connectivity index (χ3n) is 2.95. The molecule has 0 aromatic carbocycles. The second-order valence-electron chi connectivity index (χ2n) is 4.32. The molecule has 4 heteroatoms. The lowest BCUT2D eigenvalue weighted by Crippen LogP contribution is -2.44. The number of amides is 1. The van der Waals surface area contributed by atoms with Crippen molar-refractivity contribution in [3.63, 3.8) is 0 Å². The van der Waals surface area contributed by atoms with Gasteiger partial charge in [-0.1, -0.05) is 13.3 Å². The fourth-order valence-electron chi connectivity index (χ4n) is 1.98. The summed E-state index contributed by atoms with van der Waals surface area (Å²) in [5, 5.41) is 0. The largest absolute Gasteiger partial charge is 0.368 e. The van der Waals surface area contributed by atoms with Crippen molar-refractivity contribution in [1.29, 1.82) is 0 Å². The molecule has 94 valence electrons. The zero-order valence-electron chi connectivity index (χ0n) is 10.3. The van der Waals surface area contributed by atoms with Gasteiger partial charge in [0.1, 0.15) is 6.10 Å². The number of nitrogens with two attached hydrogens (primary N) is 1. The summed E-state index contributed by atoms with van der Waals surface area (Å²) in [6, 6.07) is 0. The van der Waals surface area contributed by atoms with Crippen LogP contribution in [-0.4, -0.2) is 43.2 Å². The number of hydrogen-bond donors (Lipinski definition) is 1. The Bertz CT molecular complexity index is 203. The van der Waals surface area contributed by atoms with Gasteiger partial charge in [-0.3, -0.25) is 4.79 Å². The number of carbonyl (C=O) groups excluding carboxylic acids is 1. The van der Waals surface area contributed by atoms with E-state index in [9.17, 15) is 4.79 Å². The van der Waals surface area contributed by atoms with Gasteiger partial charge in [-0.25, -0.2) is 0 Å². The van der Waals surface area contributed by atoms with Crippen molar-refractivity contribution in [1.82, 2.24) is 4.90 Å². The van der Waals surface area contributed by atoms with Gasteiger partial charge in [0.15, 0.2) is 0 Å². The van der Waals surface area contributed by atoms with Gasteiger partial charge in [0.25, 0.3) is 5.91 Å². The Morgan fingerprint density at radius 3 is 2.81 bits per heavy atom. The molecule has 1 atom stereocenters. The van der Waals surface area contributed by atoms with Crippen molar-refractivity contribution in [2.75, 3.05) is 26.2 Å². The molecule has 1 saturated heterocycles. The highest BCUT2D eigenvalue weighted by molar-refractivity contribution is 5.81. The number of carbonyl (C=O) groups is 1. The molecule has 1 heterocycles. The van der Waals surface area contributed by atoms with Crippen molar-refractivity contribution in [3.8, 4) is 0 Å². The fourth-order valence-corrected chi connectivity index (χ4v) is 1.98. The lowest BCUT2D eigenvalue weighted by Gasteiger charge is -2.29. The van der Waals surface area contributed by atoms with E-state index in [1.807, 2.05) is 4.90 Å². The van der Waals surface area contributed by atoms with Crippen LogP contribution in [-0.2, 0) is 9.53 Å². The zero-order chi connectivity index (χ0) is 11.8. The topological polar surface area (TPSA) is 55.6 Å². The van der Waals surface area contributed by atoms with E-state index in [0.29, 0.717) is 13.1 Å². The molecule has 1 rings (SSSR count). The summed E-state index contributed by atoms with van der Waals surface area (Å²) in [6.07, 6.45) is 4.97. The lowest BCUT2D eigenvalue weighted by atomic mass is 10.1. The first-order chi connectivity index (χ1) is 7.79. The van der Waals surface area contributed by atoms with E-state index < -0.39 is 0 Å². The van der Waals surface area contributed by atoms with Gasteiger partial charge in [-0.05, 0) is 25.7 Å². The Hall–Kier alpha value is -0.610. The molecule has 1 aliphatic rings. The Labute approximate surface area is 98.1 Å². The molecule has 0 aromatic heterocycles. The third kappa shape index (κ3) is 4.10.